The van der Waals surface area contributed by atoms with Crippen molar-refractivity contribution < 1.29 is 0 Å². The van der Waals surface area contributed by atoms with Gasteiger partial charge in [0.15, 0.2) is 0 Å². The van der Waals surface area contributed by atoms with Crippen molar-refractivity contribution in [3.63, 3.8) is 0 Å². The molecular formula is C28H30BrSb. The molecule has 0 aliphatic carbocycles. The third kappa shape index (κ3) is 6.59. The number of halogens is 1. The molecule has 0 spiro atoms. The van der Waals surface area contributed by atoms with E-state index < -0.39 is 18.8 Å². The van der Waals surface area contributed by atoms with Crippen molar-refractivity contribution >= 4 is 35.8 Å². The molecule has 0 aromatic heterocycles. The van der Waals surface area contributed by atoms with Crippen molar-refractivity contribution in [3.8, 4) is 0 Å². The quantitative estimate of drug-likeness (QED) is 0.204. The summed E-state index contributed by atoms with van der Waals surface area (Å²) in [5.41, 5.74) is 6.02. The minimum atomic E-state index is -2.72. The van der Waals surface area contributed by atoms with Gasteiger partial charge in [0, 0.05) is 0 Å². The molecule has 0 amide bonds. The van der Waals surface area contributed by atoms with Crippen LogP contribution in [-0.4, -0.2) is 18.8 Å². The molecule has 0 aliphatic heterocycles. The molecule has 0 N–H and O–H groups in total. The summed E-state index contributed by atoms with van der Waals surface area (Å²) < 4.78 is 5.09. The van der Waals surface area contributed by atoms with Crippen LogP contribution in [0.4, 0.5) is 0 Å². The van der Waals surface area contributed by atoms with Crippen LogP contribution in [0.25, 0.3) is 0 Å². The third-order valence-corrected chi connectivity index (χ3v) is 18.9. The normalized spacial score (nSPS) is 11.5. The molecule has 0 heterocycles. The van der Waals surface area contributed by atoms with Crippen LogP contribution in [0.1, 0.15) is 22.3 Å². The summed E-state index contributed by atoms with van der Waals surface area (Å²) in [6, 6.07) is 44.7. The summed E-state index contributed by atoms with van der Waals surface area (Å²) in [4.78, 5) is 0. The first kappa shape index (κ1) is 22.9. The first-order chi connectivity index (χ1) is 14.3. The SMILES string of the molecule is Br.c1ccc([CH2][SbH]([CH2]c2ccccc2)([CH2]c2ccccc2)[CH2]c2ccccc2)cc1. The van der Waals surface area contributed by atoms with Gasteiger partial charge in [0.05, 0.1) is 0 Å². The zero-order chi connectivity index (χ0) is 19.8. The Morgan fingerprint density at radius 1 is 0.333 bits per heavy atom. The molecule has 4 aromatic rings. The van der Waals surface area contributed by atoms with Crippen molar-refractivity contribution in [2.45, 2.75) is 17.5 Å². The zero-order valence-corrected chi connectivity index (χ0v) is 21.9. The Balaban J connectivity index is 0.00000256. The van der Waals surface area contributed by atoms with Crippen LogP contribution in [0.5, 0.6) is 0 Å². The molecule has 0 unspecified atom stereocenters. The Kier molecular flexibility index (Phi) is 8.79. The Hall–Kier alpha value is -1.82. The fourth-order valence-electron chi connectivity index (χ4n) is 4.49. The standard InChI is InChI=1S/4C7H7.BrH.Sb.H/c4*1-7-5-3-2-4-6-7;;;/h4*2-6H,1H2;1H;;. The van der Waals surface area contributed by atoms with Gasteiger partial charge in [0.2, 0.25) is 0 Å². The van der Waals surface area contributed by atoms with E-state index in [0.717, 1.165) is 0 Å². The number of benzene rings is 4. The molecule has 0 bridgehead atoms. The number of rotatable bonds is 8. The fraction of sp³-hybridized carbons (Fsp3) is 0.143. The Morgan fingerprint density at radius 3 is 0.733 bits per heavy atom. The molecule has 2 heteroatoms. The maximum atomic E-state index is 2.33. The Morgan fingerprint density at radius 2 is 0.533 bits per heavy atom. The van der Waals surface area contributed by atoms with Gasteiger partial charge in [-0.3, -0.25) is 0 Å². The van der Waals surface area contributed by atoms with Crippen molar-refractivity contribution in [2.75, 3.05) is 0 Å². The monoisotopic (exact) mass is 566 g/mol. The van der Waals surface area contributed by atoms with E-state index in [1.165, 1.54) is 39.7 Å². The van der Waals surface area contributed by atoms with Gasteiger partial charge < -0.3 is 0 Å². The summed E-state index contributed by atoms with van der Waals surface area (Å²) in [5, 5.41) is 0. The summed E-state index contributed by atoms with van der Waals surface area (Å²) in [5.74, 6) is 0. The number of hydrogen-bond donors (Lipinski definition) is 0. The van der Waals surface area contributed by atoms with Gasteiger partial charge in [0.25, 0.3) is 0 Å². The van der Waals surface area contributed by atoms with Gasteiger partial charge in [-0.1, -0.05) is 0 Å². The summed E-state index contributed by atoms with van der Waals surface area (Å²) in [6.07, 6.45) is 0. The molecular weight excluding hydrogens is 538 g/mol. The molecule has 4 rings (SSSR count). The zero-order valence-electron chi connectivity index (χ0n) is 17.3. The second-order valence-corrected chi connectivity index (χ2v) is 20.7. The molecule has 0 nitrogen and oxygen atoms in total. The van der Waals surface area contributed by atoms with Crippen molar-refractivity contribution in [2.24, 2.45) is 0 Å². The molecule has 4 aromatic carbocycles. The first-order valence-electron chi connectivity index (χ1n) is 10.5. The minimum absolute atomic E-state index is 0. The average molecular weight is 568 g/mol. The van der Waals surface area contributed by atoms with E-state index >= 15 is 0 Å². The van der Waals surface area contributed by atoms with Crippen molar-refractivity contribution in [1.82, 2.24) is 0 Å². The van der Waals surface area contributed by atoms with Crippen LogP contribution in [0.15, 0.2) is 121 Å². The molecule has 154 valence electrons. The van der Waals surface area contributed by atoms with Gasteiger partial charge in [-0.2, -0.15) is 0 Å². The summed E-state index contributed by atoms with van der Waals surface area (Å²) >= 11 is -2.72. The van der Waals surface area contributed by atoms with E-state index in [0.29, 0.717) is 0 Å². The third-order valence-electron chi connectivity index (χ3n) is 5.69. The fourth-order valence-corrected chi connectivity index (χ4v) is 19.2. The van der Waals surface area contributed by atoms with Gasteiger partial charge in [0.1, 0.15) is 0 Å². The Labute approximate surface area is 195 Å². The van der Waals surface area contributed by atoms with E-state index in [1.54, 1.807) is 0 Å². The second-order valence-electron chi connectivity index (χ2n) is 8.15. The summed E-state index contributed by atoms with van der Waals surface area (Å²) in [6.45, 7) is 0. The van der Waals surface area contributed by atoms with Crippen molar-refractivity contribution in [3.05, 3.63) is 144 Å². The van der Waals surface area contributed by atoms with Crippen LogP contribution in [0, 0.1) is 0 Å². The molecule has 0 saturated heterocycles. The molecule has 30 heavy (non-hydrogen) atoms. The predicted molar refractivity (Wildman–Crippen MR) is 138 cm³/mol. The van der Waals surface area contributed by atoms with Crippen LogP contribution < -0.4 is 0 Å². The molecule has 0 radical (unpaired) electrons. The van der Waals surface area contributed by atoms with Crippen LogP contribution >= 0.6 is 17.0 Å². The van der Waals surface area contributed by atoms with Crippen molar-refractivity contribution in [1.29, 1.82) is 0 Å². The van der Waals surface area contributed by atoms with Gasteiger partial charge in [-0.05, 0) is 0 Å². The Bertz CT molecular complexity index is 814. The van der Waals surface area contributed by atoms with E-state index in [1.807, 2.05) is 0 Å². The molecule has 0 saturated carbocycles. The average Bonchev–Trinajstić information content (AvgIpc) is 2.76. The predicted octanol–water partition coefficient (Wildman–Crippen LogP) is 6.87. The van der Waals surface area contributed by atoms with Crippen LogP contribution in [-0.2, 0) is 17.5 Å². The maximum absolute atomic E-state index is 2.72. The topological polar surface area (TPSA) is 0 Å². The molecule has 0 aliphatic rings. The van der Waals surface area contributed by atoms with Gasteiger partial charge >= 0.3 is 180 Å². The van der Waals surface area contributed by atoms with E-state index in [2.05, 4.69) is 121 Å². The van der Waals surface area contributed by atoms with Gasteiger partial charge in [-0.25, -0.2) is 0 Å². The second kappa shape index (κ2) is 11.5. The van der Waals surface area contributed by atoms with E-state index in [9.17, 15) is 0 Å². The van der Waals surface area contributed by atoms with E-state index in [-0.39, 0.29) is 17.0 Å². The summed E-state index contributed by atoms with van der Waals surface area (Å²) in [7, 11) is 0. The molecule has 0 fully saturated rings. The van der Waals surface area contributed by atoms with Crippen LogP contribution in [0.3, 0.4) is 0 Å². The first-order valence-corrected chi connectivity index (χ1v) is 18.5. The van der Waals surface area contributed by atoms with Crippen LogP contribution in [0.2, 0.25) is 0 Å². The number of hydrogen-bond acceptors (Lipinski definition) is 0. The van der Waals surface area contributed by atoms with E-state index in [4.69, 9.17) is 0 Å². The molecule has 0 atom stereocenters. The van der Waals surface area contributed by atoms with Gasteiger partial charge in [-0.15, -0.1) is 17.0 Å².